The van der Waals surface area contributed by atoms with Crippen LogP contribution in [0.15, 0.2) is 0 Å². The summed E-state index contributed by atoms with van der Waals surface area (Å²) in [5.41, 5.74) is 0. The van der Waals surface area contributed by atoms with Gasteiger partial charge in [0.15, 0.2) is 0 Å². The number of hydrogen-bond acceptors (Lipinski definition) is 0. The molecule has 0 radical (unpaired) electrons. The molecule has 0 rings (SSSR count). The summed E-state index contributed by atoms with van der Waals surface area (Å²) in [6.45, 7) is 0. The fourth-order valence-electron chi connectivity index (χ4n) is 0. The maximum absolute atomic E-state index is 4.98. The van der Waals surface area contributed by atoms with Crippen molar-refractivity contribution in [3.63, 3.8) is 0 Å². The molecule has 0 aromatic carbocycles. The summed E-state index contributed by atoms with van der Waals surface area (Å²) in [4.78, 5) is 0. The maximum Gasteiger partial charge on any atom is 1.00 e. The number of hydrogen-bond donors (Lipinski definition) is 0. The molecule has 6 N–H and O–H groups in total. The van der Waals surface area contributed by atoms with Gasteiger partial charge in [0, 0.05) is 0 Å². The van der Waals surface area contributed by atoms with Crippen LogP contribution in [-0.2, 0) is 11.5 Å². The first-order chi connectivity index (χ1) is 2.00. The van der Waals surface area contributed by atoms with E-state index in [-0.39, 0.29) is 75.5 Å². The van der Waals surface area contributed by atoms with Crippen LogP contribution >= 0.6 is 38.1 Å². The molecule has 0 unspecified atom stereocenters. The third-order valence-electron chi connectivity index (χ3n) is 0. The van der Waals surface area contributed by atoms with Crippen molar-refractivity contribution in [2.45, 2.75) is 0 Å². The van der Waals surface area contributed by atoms with Gasteiger partial charge in [0.1, 0.15) is 0 Å². The monoisotopic (exact) mass is 346 g/mol. The van der Waals surface area contributed by atoms with Gasteiger partial charge in [-0.1, -0.05) is 0 Å². The molecule has 64 valence electrons. The second-order valence-corrected chi connectivity index (χ2v) is 14.4. The second-order valence-electron chi connectivity index (χ2n) is 0.271. The van der Waals surface area contributed by atoms with Crippen LogP contribution in [0.2, 0.25) is 0 Å². The van der Waals surface area contributed by atoms with Crippen LogP contribution in [0.4, 0.5) is 0 Å². The molecule has 0 saturated heterocycles. The van der Waals surface area contributed by atoms with Crippen LogP contribution in [0, 0.1) is 0 Å². The minimum absolute atomic E-state index is 0. The van der Waals surface area contributed by atoms with Gasteiger partial charge >= 0.3 is 109 Å². The molecule has 0 aliphatic carbocycles. The molecule has 0 aromatic heterocycles. The van der Waals surface area contributed by atoms with Gasteiger partial charge in [-0.2, -0.15) is 0 Å². The first-order valence-electron chi connectivity index (χ1n) is 0.478. The summed E-state index contributed by atoms with van der Waals surface area (Å²) >= 11 is -2.81. The van der Waals surface area contributed by atoms with E-state index in [1.54, 1.807) is 0 Å². The molecular formula is H6Cl4Na2O3Pd. The van der Waals surface area contributed by atoms with Crippen LogP contribution in [0.1, 0.15) is 0 Å². The number of halogens is 4. The van der Waals surface area contributed by atoms with Gasteiger partial charge in [0.25, 0.3) is 0 Å². The molecule has 3 nitrogen and oxygen atoms in total. The topological polar surface area (TPSA) is 94.5 Å². The quantitative estimate of drug-likeness (QED) is 0.390. The van der Waals surface area contributed by atoms with E-state index >= 15 is 0 Å². The van der Waals surface area contributed by atoms with Crippen molar-refractivity contribution in [1.82, 2.24) is 0 Å². The molecule has 0 amide bonds. The SMILES string of the molecule is O.O.O.[Cl][Pd-2]([Cl])([Cl])[Cl].[Na+].[Na+]. The normalized spacial score (nSPS) is 7.60. The van der Waals surface area contributed by atoms with E-state index in [0.29, 0.717) is 0 Å². The molecule has 0 heterocycles. The average Bonchev–Trinajstić information content (AvgIpc) is 0.722. The Kier molecular flexibility index (Phi) is 68.9. The Labute approximate surface area is 123 Å². The minimum atomic E-state index is -2.81. The van der Waals surface area contributed by atoms with Crippen molar-refractivity contribution in [2.75, 3.05) is 0 Å². The summed E-state index contributed by atoms with van der Waals surface area (Å²) in [7, 11) is 19.9. The molecule has 0 aromatic rings. The molecule has 0 fully saturated rings. The maximum atomic E-state index is 4.98. The van der Waals surface area contributed by atoms with Gasteiger partial charge < -0.3 is 16.4 Å². The summed E-state index contributed by atoms with van der Waals surface area (Å²) < 4.78 is 0. The Hall–Kier alpha value is 3.70. The van der Waals surface area contributed by atoms with Crippen molar-refractivity contribution < 1.29 is 87.0 Å². The summed E-state index contributed by atoms with van der Waals surface area (Å²) in [6, 6.07) is 0. The molecule has 0 spiro atoms. The van der Waals surface area contributed by atoms with E-state index in [9.17, 15) is 0 Å². The van der Waals surface area contributed by atoms with E-state index in [1.807, 2.05) is 0 Å². The van der Waals surface area contributed by atoms with Gasteiger partial charge in [-0.15, -0.1) is 0 Å². The van der Waals surface area contributed by atoms with Crippen molar-refractivity contribution in [3.05, 3.63) is 0 Å². The van der Waals surface area contributed by atoms with Gasteiger partial charge in [-0.05, 0) is 0 Å². The third kappa shape index (κ3) is 97.8. The van der Waals surface area contributed by atoms with Gasteiger partial charge in [-0.25, -0.2) is 0 Å². The van der Waals surface area contributed by atoms with E-state index in [1.165, 1.54) is 0 Å². The summed E-state index contributed by atoms with van der Waals surface area (Å²) in [6.07, 6.45) is 0. The predicted molar refractivity (Wildman–Crippen MR) is 34.3 cm³/mol. The van der Waals surface area contributed by atoms with Gasteiger partial charge in [0.05, 0.1) is 0 Å². The van der Waals surface area contributed by atoms with Crippen LogP contribution in [0.25, 0.3) is 0 Å². The predicted octanol–water partition coefficient (Wildman–Crippen LogP) is -5.71. The van der Waals surface area contributed by atoms with Crippen LogP contribution in [0.3, 0.4) is 0 Å². The molecule has 0 aliphatic heterocycles. The fourth-order valence-corrected chi connectivity index (χ4v) is 0. The molecule has 0 saturated carbocycles. The molecule has 0 bridgehead atoms. The first-order valence-corrected chi connectivity index (χ1v) is 8.49. The Morgan fingerprint density at radius 3 is 0.600 bits per heavy atom. The largest absolute Gasteiger partial charge is 1.00 e. The van der Waals surface area contributed by atoms with E-state index < -0.39 is 11.5 Å². The molecule has 10 heteroatoms. The Morgan fingerprint density at radius 2 is 0.600 bits per heavy atom. The standard InChI is InChI=1S/4ClH.2Na.3H2O.Pd/h4*1H;;;3*1H2;/q;;;;2*+1;;;;+2/p-4. The van der Waals surface area contributed by atoms with Crippen molar-refractivity contribution in [2.24, 2.45) is 0 Å². The average molecular weight is 348 g/mol. The summed E-state index contributed by atoms with van der Waals surface area (Å²) in [5, 5.41) is 0. The Balaban J connectivity index is -0.00000000800. The zero-order valence-corrected chi connectivity index (χ0v) is 13.9. The van der Waals surface area contributed by atoms with Crippen LogP contribution in [-0.4, -0.2) is 16.4 Å². The first kappa shape index (κ1) is 37.3. The zero-order chi connectivity index (χ0) is 4.50. The van der Waals surface area contributed by atoms with Crippen molar-refractivity contribution in [3.8, 4) is 0 Å². The molecule has 10 heavy (non-hydrogen) atoms. The summed E-state index contributed by atoms with van der Waals surface area (Å²) in [5.74, 6) is 0. The molecule has 0 atom stereocenters. The molecular weight excluding hydrogens is 342 g/mol. The minimum Gasteiger partial charge on any atom is 1.00 e. The van der Waals surface area contributed by atoms with Gasteiger partial charge in [0.2, 0.25) is 0 Å². The van der Waals surface area contributed by atoms with E-state index in [4.69, 9.17) is 38.1 Å². The molecule has 0 aliphatic rings. The van der Waals surface area contributed by atoms with Gasteiger partial charge in [-0.3, -0.25) is 0 Å². The number of rotatable bonds is 0. The zero-order valence-electron chi connectivity index (χ0n) is 5.33. The van der Waals surface area contributed by atoms with E-state index in [0.717, 1.165) is 0 Å². The smallest absolute Gasteiger partial charge is 1.00 e. The van der Waals surface area contributed by atoms with E-state index in [2.05, 4.69) is 0 Å². The van der Waals surface area contributed by atoms with Crippen LogP contribution < -0.4 is 59.1 Å². The van der Waals surface area contributed by atoms with Crippen molar-refractivity contribution >= 4 is 38.1 Å². The Morgan fingerprint density at radius 1 is 0.600 bits per heavy atom. The fraction of sp³-hybridized carbons (Fsp3) is 0. The Bertz CT molecular complexity index is 34.0. The van der Waals surface area contributed by atoms with Crippen LogP contribution in [0.5, 0.6) is 0 Å². The third-order valence-corrected chi connectivity index (χ3v) is 0. The second kappa shape index (κ2) is 18.5. The van der Waals surface area contributed by atoms with Crippen molar-refractivity contribution in [1.29, 1.82) is 0 Å².